The van der Waals surface area contributed by atoms with Gasteiger partial charge in [0.1, 0.15) is 6.07 Å². The Hall–Kier alpha value is -2.80. The molecule has 0 radical (unpaired) electrons. The first-order valence-corrected chi connectivity index (χ1v) is 6.29. The number of anilines is 2. The molecule has 0 atom stereocenters. The van der Waals surface area contributed by atoms with Crippen molar-refractivity contribution >= 4 is 17.3 Å². The van der Waals surface area contributed by atoms with Gasteiger partial charge in [-0.05, 0) is 30.7 Å². The predicted octanol–water partition coefficient (Wildman–Crippen LogP) is 2.92. The molecule has 0 spiro atoms. The number of amides is 1. The Morgan fingerprint density at radius 2 is 1.90 bits per heavy atom. The van der Waals surface area contributed by atoms with Gasteiger partial charge in [0.25, 0.3) is 0 Å². The lowest BCUT2D eigenvalue weighted by molar-refractivity contribution is -0.114. The van der Waals surface area contributed by atoms with E-state index in [9.17, 15) is 4.79 Å². The minimum Gasteiger partial charge on any atom is -0.375 e. The molecule has 1 amide bonds. The quantitative estimate of drug-likeness (QED) is 0.893. The molecule has 0 heterocycles. The molecule has 2 aromatic rings. The van der Waals surface area contributed by atoms with E-state index >= 15 is 0 Å². The molecule has 0 aliphatic heterocycles. The van der Waals surface area contributed by atoms with Crippen LogP contribution in [0, 0.1) is 18.3 Å². The van der Waals surface area contributed by atoms with Crippen molar-refractivity contribution in [3.63, 3.8) is 0 Å². The van der Waals surface area contributed by atoms with Crippen molar-refractivity contribution in [1.82, 2.24) is 0 Å². The lowest BCUT2D eigenvalue weighted by atomic mass is 10.1. The van der Waals surface area contributed by atoms with Crippen LogP contribution in [-0.4, -0.2) is 12.5 Å². The lowest BCUT2D eigenvalue weighted by Crippen LogP contribution is -2.22. The zero-order chi connectivity index (χ0) is 14.4. The highest BCUT2D eigenvalue weighted by Gasteiger charge is 2.06. The van der Waals surface area contributed by atoms with Crippen LogP contribution >= 0.6 is 0 Å². The van der Waals surface area contributed by atoms with E-state index < -0.39 is 0 Å². The monoisotopic (exact) mass is 265 g/mol. The van der Waals surface area contributed by atoms with Gasteiger partial charge in [-0.25, -0.2) is 0 Å². The second-order valence-electron chi connectivity index (χ2n) is 4.38. The normalized spacial score (nSPS) is 9.60. The van der Waals surface area contributed by atoms with Gasteiger partial charge in [-0.15, -0.1) is 0 Å². The minimum atomic E-state index is -0.151. The number of para-hydroxylation sites is 1. The molecule has 0 saturated heterocycles. The summed E-state index contributed by atoms with van der Waals surface area (Å²) in [5.74, 6) is -0.151. The van der Waals surface area contributed by atoms with Crippen LogP contribution in [0.5, 0.6) is 0 Å². The maximum atomic E-state index is 11.8. The van der Waals surface area contributed by atoms with Crippen LogP contribution in [0.2, 0.25) is 0 Å². The van der Waals surface area contributed by atoms with Gasteiger partial charge >= 0.3 is 0 Å². The zero-order valence-electron chi connectivity index (χ0n) is 11.2. The van der Waals surface area contributed by atoms with Crippen LogP contribution in [-0.2, 0) is 4.79 Å². The summed E-state index contributed by atoms with van der Waals surface area (Å²) in [6.45, 7) is 1.99. The number of carbonyl (C=O) groups is 1. The molecule has 20 heavy (non-hydrogen) atoms. The second kappa shape index (κ2) is 6.39. The van der Waals surface area contributed by atoms with Gasteiger partial charge < -0.3 is 10.6 Å². The summed E-state index contributed by atoms with van der Waals surface area (Å²) in [5, 5.41) is 14.9. The maximum absolute atomic E-state index is 11.8. The molecule has 0 fully saturated rings. The summed E-state index contributed by atoms with van der Waals surface area (Å²) >= 11 is 0. The fourth-order valence-corrected chi connectivity index (χ4v) is 1.87. The first-order valence-electron chi connectivity index (χ1n) is 6.29. The van der Waals surface area contributed by atoms with Gasteiger partial charge in [0.05, 0.1) is 17.8 Å². The van der Waals surface area contributed by atoms with Crippen molar-refractivity contribution in [3.05, 3.63) is 59.7 Å². The number of nitriles is 1. The van der Waals surface area contributed by atoms with Crippen LogP contribution in [0.3, 0.4) is 0 Å². The Balaban J connectivity index is 1.98. The average Bonchev–Trinajstić information content (AvgIpc) is 2.46. The Bertz CT molecular complexity index is 645. The highest BCUT2D eigenvalue weighted by molar-refractivity contribution is 5.93. The van der Waals surface area contributed by atoms with Crippen LogP contribution in [0.4, 0.5) is 11.4 Å². The van der Waals surface area contributed by atoms with Crippen molar-refractivity contribution in [1.29, 1.82) is 5.26 Å². The summed E-state index contributed by atoms with van der Waals surface area (Å²) in [5.41, 5.74) is 2.89. The standard InChI is InChI=1S/C16H15N3O/c1-12-6-5-9-15(14(12)10-17)18-11-16(20)19-13-7-3-2-4-8-13/h2-9,18H,11H2,1H3,(H,19,20). The predicted molar refractivity (Wildman–Crippen MR) is 79.5 cm³/mol. The number of benzene rings is 2. The van der Waals surface area contributed by atoms with Crippen LogP contribution in [0.15, 0.2) is 48.5 Å². The van der Waals surface area contributed by atoms with Crippen molar-refractivity contribution in [2.75, 3.05) is 17.2 Å². The topological polar surface area (TPSA) is 64.9 Å². The van der Waals surface area contributed by atoms with Crippen LogP contribution < -0.4 is 10.6 Å². The smallest absolute Gasteiger partial charge is 0.243 e. The number of hydrogen-bond acceptors (Lipinski definition) is 3. The van der Waals surface area contributed by atoms with Crippen molar-refractivity contribution in [3.8, 4) is 6.07 Å². The third-order valence-corrected chi connectivity index (χ3v) is 2.88. The molecule has 2 N–H and O–H groups in total. The molecular formula is C16H15N3O. The number of carbonyl (C=O) groups excluding carboxylic acids is 1. The summed E-state index contributed by atoms with van der Waals surface area (Å²) in [6.07, 6.45) is 0. The van der Waals surface area contributed by atoms with Crippen LogP contribution in [0.25, 0.3) is 0 Å². The largest absolute Gasteiger partial charge is 0.375 e. The third-order valence-electron chi connectivity index (χ3n) is 2.88. The van der Waals surface area contributed by atoms with Gasteiger partial charge in [-0.1, -0.05) is 30.3 Å². The molecule has 4 nitrogen and oxygen atoms in total. The van der Waals surface area contributed by atoms with Gasteiger partial charge in [0, 0.05) is 5.69 Å². The fraction of sp³-hybridized carbons (Fsp3) is 0.125. The highest BCUT2D eigenvalue weighted by Crippen LogP contribution is 2.17. The third kappa shape index (κ3) is 3.36. The van der Waals surface area contributed by atoms with E-state index in [1.165, 1.54) is 0 Å². The first-order chi connectivity index (χ1) is 9.70. The first kappa shape index (κ1) is 13.6. The molecule has 0 aliphatic rings. The number of nitrogens with one attached hydrogen (secondary N) is 2. The van der Waals surface area contributed by atoms with E-state index in [4.69, 9.17) is 5.26 Å². The number of nitrogens with zero attached hydrogens (tertiary/aromatic N) is 1. The Morgan fingerprint density at radius 3 is 2.60 bits per heavy atom. The molecule has 0 saturated carbocycles. The van der Waals surface area contributed by atoms with Crippen molar-refractivity contribution in [2.45, 2.75) is 6.92 Å². The number of rotatable bonds is 4. The summed E-state index contributed by atoms with van der Waals surface area (Å²) in [4.78, 5) is 11.8. The lowest BCUT2D eigenvalue weighted by Gasteiger charge is -2.10. The molecule has 2 rings (SSSR count). The van der Waals surface area contributed by atoms with Gasteiger partial charge in [-0.3, -0.25) is 4.79 Å². The second-order valence-corrected chi connectivity index (χ2v) is 4.38. The Kier molecular flexibility index (Phi) is 4.35. The molecule has 100 valence electrons. The number of aryl methyl sites for hydroxylation is 1. The Labute approximate surface area is 118 Å². The summed E-state index contributed by atoms with van der Waals surface area (Å²) in [7, 11) is 0. The van der Waals surface area contributed by atoms with Crippen LogP contribution in [0.1, 0.15) is 11.1 Å². The van der Waals surface area contributed by atoms with Crippen molar-refractivity contribution in [2.24, 2.45) is 0 Å². The molecule has 0 unspecified atom stereocenters. The molecule has 4 heteroatoms. The SMILES string of the molecule is Cc1cccc(NCC(=O)Nc2ccccc2)c1C#N. The molecular weight excluding hydrogens is 250 g/mol. The molecule has 0 aliphatic carbocycles. The molecule has 0 bridgehead atoms. The van der Waals surface area contributed by atoms with E-state index in [-0.39, 0.29) is 12.5 Å². The highest BCUT2D eigenvalue weighted by atomic mass is 16.1. The molecule has 2 aromatic carbocycles. The summed E-state index contributed by atoms with van der Waals surface area (Å²) in [6, 6.07) is 16.9. The van der Waals surface area contributed by atoms with Gasteiger partial charge in [0.2, 0.25) is 5.91 Å². The van der Waals surface area contributed by atoms with E-state index in [0.717, 1.165) is 11.3 Å². The Morgan fingerprint density at radius 1 is 1.15 bits per heavy atom. The van der Waals surface area contributed by atoms with E-state index in [2.05, 4.69) is 16.7 Å². The summed E-state index contributed by atoms with van der Waals surface area (Å²) < 4.78 is 0. The number of hydrogen-bond donors (Lipinski definition) is 2. The van der Waals surface area contributed by atoms with E-state index in [0.29, 0.717) is 11.3 Å². The average molecular weight is 265 g/mol. The minimum absolute atomic E-state index is 0.118. The zero-order valence-corrected chi connectivity index (χ0v) is 11.2. The van der Waals surface area contributed by atoms with E-state index in [1.807, 2.05) is 49.4 Å². The molecule has 0 aromatic heterocycles. The van der Waals surface area contributed by atoms with E-state index in [1.54, 1.807) is 6.07 Å². The maximum Gasteiger partial charge on any atom is 0.243 e. The van der Waals surface area contributed by atoms with Gasteiger partial charge in [0.15, 0.2) is 0 Å². The fourth-order valence-electron chi connectivity index (χ4n) is 1.87. The van der Waals surface area contributed by atoms with Crippen molar-refractivity contribution < 1.29 is 4.79 Å². The van der Waals surface area contributed by atoms with Gasteiger partial charge in [-0.2, -0.15) is 5.26 Å².